The van der Waals surface area contributed by atoms with Gasteiger partial charge in [-0.3, -0.25) is 9.78 Å². The van der Waals surface area contributed by atoms with Crippen LogP contribution in [0.25, 0.3) is 34.1 Å². The Morgan fingerprint density at radius 3 is 2.58 bits per heavy atom. The van der Waals surface area contributed by atoms with Crippen molar-refractivity contribution < 1.29 is 9.18 Å². The number of pyridine rings is 2. The SMILES string of the molecule is [B]N(CCN(CCC)C(=O)C=C)c1nc(=O)n(-c2c(C)ccnc2C(C)C)c2nc(-c3c(F)cccc3C=C)c(Cl)cc12. The van der Waals surface area contributed by atoms with Gasteiger partial charge in [0.25, 0.3) is 0 Å². The number of hydrogen-bond donors (Lipinski definition) is 0. The van der Waals surface area contributed by atoms with Gasteiger partial charge >= 0.3 is 5.69 Å². The molecule has 0 spiro atoms. The molecule has 43 heavy (non-hydrogen) atoms. The summed E-state index contributed by atoms with van der Waals surface area (Å²) in [7, 11) is 6.48. The fraction of sp³-hybridized carbons (Fsp3) is 0.281. The molecule has 0 N–H and O–H groups in total. The van der Waals surface area contributed by atoms with E-state index in [0.717, 1.165) is 12.0 Å². The highest BCUT2D eigenvalue weighted by molar-refractivity contribution is 6.34. The molecule has 0 atom stereocenters. The van der Waals surface area contributed by atoms with E-state index in [9.17, 15) is 9.59 Å². The quantitative estimate of drug-likeness (QED) is 0.155. The zero-order chi connectivity index (χ0) is 31.4. The van der Waals surface area contributed by atoms with Crippen molar-refractivity contribution in [2.24, 2.45) is 0 Å². The molecule has 11 heteroatoms. The van der Waals surface area contributed by atoms with Gasteiger partial charge in [0.15, 0.2) is 5.65 Å². The maximum atomic E-state index is 15.3. The average molecular weight is 599 g/mol. The number of halogens is 2. The van der Waals surface area contributed by atoms with Crippen molar-refractivity contribution in [3.8, 4) is 16.9 Å². The van der Waals surface area contributed by atoms with Gasteiger partial charge in [0, 0.05) is 31.4 Å². The molecule has 4 aromatic rings. The van der Waals surface area contributed by atoms with Gasteiger partial charge in [-0.25, -0.2) is 18.7 Å². The summed E-state index contributed by atoms with van der Waals surface area (Å²) in [6, 6.07) is 7.96. The van der Waals surface area contributed by atoms with Crippen LogP contribution in [0.4, 0.5) is 10.2 Å². The summed E-state index contributed by atoms with van der Waals surface area (Å²) in [4.78, 5) is 42.9. The average Bonchev–Trinajstić information content (AvgIpc) is 2.98. The molecule has 0 aliphatic heterocycles. The van der Waals surface area contributed by atoms with E-state index in [1.165, 1.54) is 27.6 Å². The summed E-state index contributed by atoms with van der Waals surface area (Å²) >= 11 is 6.78. The lowest BCUT2D eigenvalue weighted by molar-refractivity contribution is -0.125. The maximum absolute atomic E-state index is 15.3. The largest absolute Gasteiger partial charge is 0.408 e. The van der Waals surface area contributed by atoms with E-state index in [1.54, 1.807) is 35.4 Å². The minimum absolute atomic E-state index is 0.0415. The van der Waals surface area contributed by atoms with Crippen molar-refractivity contribution in [1.82, 2.24) is 24.4 Å². The van der Waals surface area contributed by atoms with Crippen LogP contribution in [0.2, 0.25) is 5.02 Å². The summed E-state index contributed by atoms with van der Waals surface area (Å²) in [6.07, 6.45) is 5.19. The van der Waals surface area contributed by atoms with Gasteiger partial charge < -0.3 is 9.71 Å². The van der Waals surface area contributed by atoms with Gasteiger partial charge in [0.1, 0.15) is 11.6 Å². The fourth-order valence-electron chi connectivity index (χ4n) is 5.01. The van der Waals surface area contributed by atoms with E-state index in [4.69, 9.17) is 24.6 Å². The molecule has 220 valence electrons. The first-order valence-corrected chi connectivity index (χ1v) is 14.4. The highest BCUT2D eigenvalue weighted by Crippen LogP contribution is 2.36. The lowest BCUT2D eigenvalue weighted by atomic mass is 10.0. The molecule has 3 aromatic heterocycles. The van der Waals surface area contributed by atoms with E-state index in [1.807, 2.05) is 27.7 Å². The second-order valence-corrected chi connectivity index (χ2v) is 10.8. The molecule has 0 unspecified atom stereocenters. The Hall–Kier alpha value is -4.31. The summed E-state index contributed by atoms with van der Waals surface area (Å²) < 4.78 is 16.7. The molecule has 0 saturated heterocycles. The third-order valence-corrected chi connectivity index (χ3v) is 7.38. The third-order valence-electron chi connectivity index (χ3n) is 7.09. The van der Waals surface area contributed by atoms with Crippen molar-refractivity contribution in [3.05, 3.63) is 93.9 Å². The predicted molar refractivity (Wildman–Crippen MR) is 172 cm³/mol. The van der Waals surface area contributed by atoms with E-state index in [-0.39, 0.29) is 52.7 Å². The van der Waals surface area contributed by atoms with Crippen LogP contribution in [0.5, 0.6) is 0 Å². The summed E-state index contributed by atoms with van der Waals surface area (Å²) in [6.45, 7) is 16.1. The van der Waals surface area contributed by atoms with Crippen LogP contribution >= 0.6 is 11.6 Å². The molecule has 0 bridgehead atoms. The molecule has 0 fully saturated rings. The van der Waals surface area contributed by atoms with Crippen LogP contribution in [-0.4, -0.2) is 57.9 Å². The molecule has 1 amide bonds. The lowest BCUT2D eigenvalue weighted by Crippen LogP contribution is -2.39. The first-order valence-electron chi connectivity index (χ1n) is 14.0. The number of rotatable bonds is 11. The van der Waals surface area contributed by atoms with Crippen molar-refractivity contribution in [2.75, 3.05) is 24.4 Å². The van der Waals surface area contributed by atoms with Gasteiger partial charge in [0.05, 0.1) is 27.5 Å². The minimum atomic E-state index is -0.651. The first-order chi connectivity index (χ1) is 20.5. The zero-order valence-electron chi connectivity index (χ0n) is 24.8. The number of aryl methyl sites for hydroxylation is 1. The Balaban J connectivity index is 2.03. The van der Waals surface area contributed by atoms with Gasteiger partial charge in [0.2, 0.25) is 13.9 Å². The highest BCUT2D eigenvalue weighted by atomic mass is 35.5. The Kier molecular flexibility index (Phi) is 9.81. The van der Waals surface area contributed by atoms with E-state index in [2.05, 4.69) is 23.1 Å². The molecule has 0 saturated carbocycles. The molecular formula is C32H33BClFN6O2. The van der Waals surface area contributed by atoms with Crippen molar-refractivity contribution >= 4 is 48.4 Å². The maximum Gasteiger partial charge on any atom is 0.355 e. The Labute approximate surface area is 257 Å². The van der Waals surface area contributed by atoms with Crippen molar-refractivity contribution in [1.29, 1.82) is 0 Å². The smallest absolute Gasteiger partial charge is 0.355 e. The van der Waals surface area contributed by atoms with E-state index in [0.29, 0.717) is 28.9 Å². The third kappa shape index (κ3) is 6.25. The van der Waals surface area contributed by atoms with Crippen LogP contribution in [-0.2, 0) is 4.79 Å². The van der Waals surface area contributed by atoms with Crippen LogP contribution in [0.15, 0.2) is 60.6 Å². The number of hydrogen-bond acceptors (Lipinski definition) is 6. The Morgan fingerprint density at radius 2 is 1.93 bits per heavy atom. The molecule has 0 aliphatic rings. The number of nitrogens with zero attached hydrogens (tertiary/aromatic N) is 6. The number of anilines is 1. The van der Waals surface area contributed by atoms with Crippen molar-refractivity contribution in [3.63, 3.8) is 0 Å². The van der Waals surface area contributed by atoms with Gasteiger partial charge in [-0.05, 0) is 54.7 Å². The molecule has 0 aliphatic carbocycles. The number of carbonyl (C=O) groups excluding carboxylic acids is 1. The van der Waals surface area contributed by atoms with Gasteiger partial charge in [-0.1, -0.05) is 63.7 Å². The number of benzene rings is 1. The van der Waals surface area contributed by atoms with Crippen LogP contribution in [0.3, 0.4) is 0 Å². The van der Waals surface area contributed by atoms with E-state index < -0.39 is 11.5 Å². The molecule has 2 radical (unpaired) electrons. The number of fused-ring (bicyclic) bond motifs is 1. The van der Waals surface area contributed by atoms with Crippen LogP contribution in [0.1, 0.15) is 49.9 Å². The summed E-state index contributed by atoms with van der Waals surface area (Å²) in [5.74, 6) is -0.697. The topological polar surface area (TPSA) is 84.2 Å². The molecule has 4 rings (SSSR count). The highest BCUT2D eigenvalue weighted by Gasteiger charge is 2.24. The summed E-state index contributed by atoms with van der Waals surface area (Å²) in [5.41, 5.74) is 2.26. The molecule has 8 nitrogen and oxygen atoms in total. The summed E-state index contributed by atoms with van der Waals surface area (Å²) in [5, 5.41) is 0.492. The second kappa shape index (κ2) is 13.3. The minimum Gasteiger partial charge on any atom is -0.408 e. The Bertz CT molecular complexity index is 1770. The monoisotopic (exact) mass is 598 g/mol. The second-order valence-electron chi connectivity index (χ2n) is 10.4. The fourth-order valence-corrected chi connectivity index (χ4v) is 5.26. The lowest BCUT2D eigenvalue weighted by Gasteiger charge is -2.27. The zero-order valence-corrected chi connectivity index (χ0v) is 25.5. The number of aromatic nitrogens is 4. The standard InChI is InChI=1S/C32H33BClFN6O2/c1-7-15-39(25(42)9-3)16-17-40(33)30-22-18-23(34)28(26-21(8-2)11-10-12-24(26)35)37-31(22)41(32(43)38-30)29-20(6)13-14-36-27(29)19(4)5/h8-14,18-19H,2-3,7,15-17H2,1,4-6H3. The molecule has 3 heterocycles. The van der Waals surface area contributed by atoms with Gasteiger partial charge in [-0.2, -0.15) is 4.98 Å². The first kappa shape index (κ1) is 31.6. The van der Waals surface area contributed by atoms with Gasteiger partial charge in [-0.15, -0.1) is 0 Å². The van der Waals surface area contributed by atoms with Crippen molar-refractivity contribution in [2.45, 2.75) is 40.0 Å². The van der Waals surface area contributed by atoms with Crippen LogP contribution < -0.4 is 10.5 Å². The molecule has 1 aromatic carbocycles. The molecular weight excluding hydrogens is 566 g/mol. The number of amides is 1. The number of carbonyl (C=O) groups is 1. The van der Waals surface area contributed by atoms with Crippen LogP contribution in [0, 0.1) is 12.7 Å². The Morgan fingerprint density at radius 1 is 1.19 bits per heavy atom. The van der Waals surface area contributed by atoms with E-state index >= 15 is 4.39 Å². The normalized spacial score (nSPS) is 11.1. The predicted octanol–water partition coefficient (Wildman–Crippen LogP) is 6.02.